The molecule has 0 saturated carbocycles. The van der Waals surface area contributed by atoms with E-state index in [2.05, 4.69) is 10.3 Å². The molecule has 1 aliphatic rings. The van der Waals surface area contributed by atoms with E-state index in [0.29, 0.717) is 43.3 Å². The fraction of sp³-hybridized carbons (Fsp3) is 0.421. The zero-order valence-electron chi connectivity index (χ0n) is 14.7. The standard InChI is InChI=1S/C19H21FN2O5/c20-14-4-2-1-3-13(14)15-12-21-17(27-15)6-5-16(23)22-19(11-18(24)25)7-9-26-10-8-19/h1-4,12H,5-11H2,(H,22,23)(H,24,25). The minimum atomic E-state index is -0.959. The number of aryl methyl sites for hydroxylation is 1. The van der Waals surface area contributed by atoms with Crippen LogP contribution in [0.3, 0.4) is 0 Å². The zero-order chi connectivity index (χ0) is 19.3. The third-order valence-electron chi connectivity index (χ3n) is 4.60. The fourth-order valence-electron chi connectivity index (χ4n) is 3.19. The SMILES string of the molecule is O=C(O)CC1(NC(=O)CCc2ncc(-c3ccccc3F)o2)CCOCC1. The average molecular weight is 376 g/mol. The van der Waals surface area contributed by atoms with Crippen LogP contribution in [0.25, 0.3) is 11.3 Å². The minimum Gasteiger partial charge on any atom is -0.481 e. The predicted octanol–water partition coefficient (Wildman–Crippen LogP) is 2.55. The number of aromatic nitrogens is 1. The third-order valence-corrected chi connectivity index (χ3v) is 4.60. The van der Waals surface area contributed by atoms with E-state index in [0.717, 1.165) is 0 Å². The number of amides is 1. The maximum atomic E-state index is 13.8. The van der Waals surface area contributed by atoms with Gasteiger partial charge < -0.3 is 19.6 Å². The Hall–Kier alpha value is -2.74. The molecule has 0 aliphatic carbocycles. The molecule has 1 fully saturated rings. The van der Waals surface area contributed by atoms with Crippen LogP contribution in [-0.4, -0.2) is 40.7 Å². The van der Waals surface area contributed by atoms with E-state index >= 15 is 0 Å². The van der Waals surface area contributed by atoms with Crippen LogP contribution in [0, 0.1) is 5.82 Å². The van der Waals surface area contributed by atoms with E-state index in [1.54, 1.807) is 18.2 Å². The van der Waals surface area contributed by atoms with E-state index in [1.807, 2.05) is 0 Å². The van der Waals surface area contributed by atoms with E-state index in [1.165, 1.54) is 12.3 Å². The first-order valence-electron chi connectivity index (χ1n) is 8.78. The van der Waals surface area contributed by atoms with Crippen molar-refractivity contribution in [2.45, 2.75) is 37.6 Å². The highest BCUT2D eigenvalue weighted by atomic mass is 19.1. The molecule has 7 nitrogen and oxygen atoms in total. The number of benzene rings is 1. The van der Waals surface area contributed by atoms with Gasteiger partial charge in [0.05, 0.1) is 23.7 Å². The highest BCUT2D eigenvalue weighted by Gasteiger charge is 2.36. The second-order valence-corrected chi connectivity index (χ2v) is 6.61. The number of oxazole rings is 1. The maximum absolute atomic E-state index is 13.8. The van der Waals surface area contributed by atoms with Gasteiger partial charge in [-0.2, -0.15) is 0 Å². The predicted molar refractivity (Wildman–Crippen MR) is 93.4 cm³/mol. The largest absolute Gasteiger partial charge is 0.481 e. The van der Waals surface area contributed by atoms with Crippen LogP contribution < -0.4 is 5.32 Å². The van der Waals surface area contributed by atoms with Crippen LogP contribution >= 0.6 is 0 Å². The molecule has 1 amide bonds. The van der Waals surface area contributed by atoms with E-state index in [4.69, 9.17) is 14.3 Å². The number of aliphatic carboxylic acids is 1. The fourth-order valence-corrected chi connectivity index (χ4v) is 3.19. The maximum Gasteiger partial charge on any atom is 0.305 e. The van der Waals surface area contributed by atoms with Crippen LogP contribution in [0.1, 0.15) is 31.6 Å². The lowest BCUT2D eigenvalue weighted by Crippen LogP contribution is -2.53. The summed E-state index contributed by atoms with van der Waals surface area (Å²) >= 11 is 0. The summed E-state index contributed by atoms with van der Waals surface area (Å²) in [5, 5.41) is 12.0. The molecule has 0 bridgehead atoms. The number of hydrogen-bond acceptors (Lipinski definition) is 5. The molecule has 1 aromatic carbocycles. The van der Waals surface area contributed by atoms with Gasteiger partial charge in [-0.3, -0.25) is 9.59 Å². The van der Waals surface area contributed by atoms with Crippen molar-refractivity contribution in [3.8, 4) is 11.3 Å². The van der Waals surface area contributed by atoms with Crippen LogP contribution in [0.15, 0.2) is 34.9 Å². The second-order valence-electron chi connectivity index (χ2n) is 6.61. The number of carbonyl (C=O) groups is 2. The number of rotatable bonds is 7. The van der Waals surface area contributed by atoms with Gasteiger partial charge in [0.15, 0.2) is 11.7 Å². The third kappa shape index (κ3) is 4.91. The monoisotopic (exact) mass is 376 g/mol. The Balaban J connectivity index is 1.59. The lowest BCUT2D eigenvalue weighted by Gasteiger charge is -2.36. The molecule has 1 aromatic heterocycles. The van der Waals surface area contributed by atoms with Gasteiger partial charge in [-0.25, -0.2) is 9.37 Å². The van der Waals surface area contributed by atoms with Gasteiger partial charge in [-0.1, -0.05) is 12.1 Å². The summed E-state index contributed by atoms with van der Waals surface area (Å²) < 4.78 is 24.6. The van der Waals surface area contributed by atoms with Gasteiger partial charge in [-0.05, 0) is 25.0 Å². The molecule has 27 heavy (non-hydrogen) atoms. The number of halogens is 1. The Kier molecular flexibility index (Phi) is 5.85. The topological polar surface area (TPSA) is 102 Å². The van der Waals surface area contributed by atoms with E-state index in [-0.39, 0.29) is 25.2 Å². The highest BCUT2D eigenvalue weighted by molar-refractivity contribution is 5.78. The summed E-state index contributed by atoms with van der Waals surface area (Å²) in [6.07, 6.45) is 2.54. The summed E-state index contributed by atoms with van der Waals surface area (Å²) in [5.41, 5.74) is -0.473. The van der Waals surface area contributed by atoms with Gasteiger partial charge in [0.25, 0.3) is 0 Å². The van der Waals surface area contributed by atoms with Crippen molar-refractivity contribution in [2.24, 2.45) is 0 Å². The zero-order valence-corrected chi connectivity index (χ0v) is 14.7. The van der Waals surface area contributed by atoms with Crippen LogP contribution in [-0.2, 0) is 20.7 Å². The number of carboxylic acids is 1. The summed E-state index contributed by atoms with van der Waals surface area (Å²) in [6.45, 7) is 0.832. The summed E-state index contributed by atoms with van der Waals surface area (Å²) in [4.78, 5) is 27.6. The first-order valence-corrected chi connectivity index (χ1v) is 8.78. The molecular formula is C19H21FN2O5. The number of hydrogen-bond donors (Lipinski definition) is 2. The number of nitrogens with zero attached hydrogens (tertiary/aromatic N) is 1. The first-order chi connectivity index (χ1) is 13.0. The van der Waals surface area contributed by atoms with Crippen molar-refractivity contribution in [1.29, 1.82) is 0 Å². The molecular weight excluding hydrogens is 355 g/mol. The normalized spacial score (nSPS) is 16.0. The molecule has 0 atom stereocenters. The molecule has 0 radical (unpaired) electrons. The molecule has 1 aliphatic heterocycles. The number of ether oxygens (including phenoxy) is 1. The summed E-state index contributed by atoms with van der Waals surface area (Å²) in [6, 6.07) is 6.21. The van der Waals surface area contributed by atoms with Gasteiger partial charge in [0, 0.05) is 26.1 Å². The van der Waals surface area contributed by atoms with Crippen LogP contribution in [0.2, 0.25) is 0 Å². The lowest BCUT2D eigenvalue weighted by atomic mass is 9.86. The van der Waals surface area contributed by atoms with Gasteiger partial charge in [0.2, 0.25) is 5.91 Å². The van der Waals surface area contributed by atoms with Crippen molar-refractivity contribution in [1.82, 2.24) is 10.3 Å². The molecule has 144 valence electrons. The highest BCUT2D eigenvalue weighted by Crippen LogP contribution is 2.26. The Morgan fingerprint density at radius 1 is 1.26 bits per heavy atom. The van der Waals surface area contributed by atoms with Crippen LogP contribution in [0.4, 0.5) is 4.39 Å². The number of carbonyl (C=O) groups excluding carboxylic acids is 1. The molecule has 0 spiro atoms. The summed E-state index contributed by atoms with van der Waals surface area (Å²) in [7, 11) is 0. The van der Waals surface area contributed by atoms with E-state index < -0.39 is 17.3 Å². The molecule has 0 unspecified atom stereocenters. The van der Waals surface area contributed by atoms with E-state index in [9.17, 15) is 14.0 Å². The number of nitrogens with one attached hydrogen (secondary N) is 1. The average Bonchev–Trinajstić information content (AvgIpc) is 3.09. The lowest BCUT2D eigenvalue weighted by molar-refractivity contribution is -0.140. The Labute approximate surface area is 155 Å². The molecule has 8 heteroatoms. The Morgan fingerprint density at radius 3 is 2.70 bits per heavy atom. The molecule has 1 saturated heterocycles. The molecule has 3 rings (SSSR count). The van der Waals surface area contributed by atoms with Crippen molar-refractivity contribution in [2.75, 3.05) is 13.2 Å². The minimum absolute atomic E-state index is 0.0967. The summed E-state index contributed by atoms with van der Waals surface area (Å²) in [5.74, 6) is -1.02. The number of carboxylic acid groups (broad SMARTS) is 1. The molecule has 2 heterocycles. The van der Waals surface area contributed by atoms with Crippen molar-refractivity contribution in [3.05, 3.63) is 42.2 Å². The van der Waals surface area contributed by atoms with Crippen LogP contribution in [0.5, 0.6) is 0 Å². The van der Waals surface area contributed by atoms with Crippen molar-refractivity contribution >= 4 is 11.9 Å². The van der Waals surface area contributed by atoms with Gasteiger partial charge in [0.1, 0.15) is 5.82 Å². The smallest absolute Gasteiger partial charge is 0.305 e. The Bertz CT molecular complexity index is 814. The van der Waals surface area contributed by atoms with Crippen molar-refractivity contribution in [3.63, 3.8) is 0 Å². The van der Waals surface area contributed by atoms with Gasteiger partial charge >= 0.3 is 5.97 Å². The quantitative estimate of drug-likeness (QED) is 0.770. The Morgan fingerprint density at radius 2 is 2.00 bits per heavy atom. The van der Waals surface area contributed by atoms with Crippen molar-refractivity contribution < 1.29 is 28.2 Å². The molecule has 2 aromatic rings. The second kappa shape index (κ2) is 8.30. The molecule has 2 N–H and O–H groups in total. The first kappa shape index (κ1) is 19.0. The van der Waals surface area contributed by atoms with Gasteiger partial charge in [-0.15, -0.1) is 0 Å².